The van der Waals surface area contributed by atoms with E-state index in [0.717, 1.165) is 17.7 Å². The fourth-order valence-corrected chi connectivity index (χ4v) is 1.51. The summed E-state index contributed by atoms with van der Waals surface area (Å²) in [5.41, 5.74) is 0.826. The van der Waals surface area contributed by atoms with Crippen LogP contribution < -0.4 is 0 Å². The third-order valence-electron chi connectivity index (χ3n) is 2.54. The molecule has 1 heterocycles. The maximum atomic E-state index is 10.1. The van der Waals surface area contributed by atoms with Crippen LogP contribution in [0.15, 0.2) is 6.20 Å². The number of aromatic nitrogens is 2. The number of aliphatic hydroxyl groups excluding tert-OH is 1. The van der Waals surface area contributed by atoms with E-state index in [0.29, 0.717) is 0 Å². The minimum atomic E-state index is -0.786. The van der Waals surface area contributed by atoms with Gasteiger partial charge in [-0.15, -0.1) is 0 Å². The normalized spacial score (nSPS) is 13.6. The van der Waals surface area contributed by atoms with Crippen LogP contribution in [0.5, 0.6) is 0 Å². The Morgan fingerprint density at radius 3 is 2.73 bits per heavy atom. The van der Waals surface area contributed by atoms with Gasteiger partial charge in [-0.3, -0.25) is 4.68 Å². The van der Waals surface area contributed by atoms with E-state index >= 15 is 0 Å². The van der Waals surface area contributed by atoms with Crippen molar-refractivity contribution < 1.29 is 5.11 Å². The summed E-state index contributed by atoms with van der Waals surface area (Å²) in [4.78, 5) is 0. The van der Waals surface area contributed by atoms with Crippen molar-refractivity contribution in [2.45, 2.75) is 33.3 Å². The molecule has 0 fully saturated rings. The van der Waals surface area contributed by atoms with Crippen LogP contribution in [0, 0.1) is 16.7 Å². The Bertz CT molecular complexity index is 387. The molecule has 1 aromatic heterocycles. The molecule has 0 aliphatic carbocycles. The number of nitrogens with zero attached hydrogens (tertiary/aromatic N) is 3. The first kappa shape index (κ1) is 11.7. The highest BCUT2D eigenvalue weighted by molar-refractivity contribution is 5.24. The maximum absolute atomic E-state index is 10.1. The molecule has 0 saturated carbocycles. The number of hydrogen-bond donors (Lipinski definition) is 1. The minimum absolute atomic E-state index is 0.756. The van der Waals surface area contributed by atoms with Gasteiger partial charge in [0, 0.05) is 18.8 Å². The number of nitriles is 1. The van der Waals surface area contributed by atoms with Crippen molar-refractivity contribution in [1.82, 2.24) is 9.78 Å². The number of rotatable bonds is 3. The lowest BCUT2D eigenvalue weighted by Gasteiger charge is -2.22. The molecule has 0 bridgehead atoms. The van der Waals surface area contributed by atoms with Crippen LogP contribution in [0.25, 0.3) is 0 Å². The summed E-state index contributed by atoms with van der Waals surface area (Å²) in [6, 6.07) is 2.11. The van der Waals surface area contributed by atoms with E-state index in [1.165, 1.54) is 0 Å². The lowest BCUT2D eigenvalue weighted by molar-refractivity contribution is 0.0859. The van der Waals surface area contributed by atoms with Crippen molar-refractivity contribution >= 4 is 0 Å². The smallest absolute Gasteiger partial charge is 0.100 e. The van der Waals surface area contributed by atoms with Crippen molar-refractivity contribution in [3.63, 3.8) is 0 Å². The molecule has 0 saturated heterocycles. The van der Waals surface area contributed by atoms with Crippen LogP contribution in [0.2, 0.25) is 0 Å². The molecule has 82 valence electrons. The molecule has 1 rings (SSSR count). The second-order valence-corrected chi connectivity index (χ2v) is 4.29. The van der Waals surface area contributed by atoms with Gasteiger partial charge in [0.25, 0.3) is 0 Å². The first-order chi connectivity index (χ1) is 6.92. The SMILES string of the molecule is CCc1nn(C)cc1C(O)C(C)(C)C#N. The molecule has 1 atom stereocenters. The second kappa shape index (κ2) is 4.03. The van der Waals surface area contributed by atoms with Gasteiger partial charge in [0.1, 0.15) is 6.10 Å². The van der Waals surface area contributed by atoms with Gasteiger partial charge >= 0.3 is 0 Å². The summed E-state index contributed by atoms with van der Waals surface area (Å²) >= 11 is 0. The van der Waals surface area contributed by atoms with Crippen molar-refractivity contribution in [2.24, 2.45) is 12.5 Å². The Kier molecular flexibility index (Phi) is 3.15. The Labute approximate surface area is 90.1 Å². The van der Waals surface area contributed by atoms with Crippen molar-refractivity contribution in [3.8, 4) is 6.07 Å². The lowest BCUT2D eigenvalue weighted by Crippen LogP contribution is -2.20. The van der Waals surface area contributed by atoms with E-state index in [1.54, 1.807) is 24.7 Å². The van der Waals surface area contributed by atoms with E-state index in [9.17, 15) is 5.11 Å². The quantitative estimate of drug-likeness (QED) is 0.818. The average Bonchev–Trinajstić information content (AvgIpc) is 2.58. The number of hydrogen-bond acceptors (Lipinski definition) is 3. The van der Waals surface area contributed by atoms with Gasteiger partial charge in [0.2, 0.25) is 0 Å². The van der Waals surface area contributed by atoms with Crippen LogP contribution >= 0.6 is 0 Å². The minimum Gasteiger partial charge on any atom is -0.387 e. The van der Waals surface area contributed by atoms with Crippen LogP contribution in [0.1, 0.15) is 38.1 Å². The van der Waals surface area contributed by atoms with Gasteiger partial charge < -0.3 is 5.11 Å². The fraction of sp³-hybridized carbons (Fsp3) is 0.636. The molecule has 0 aromatic carbocycles. The summed E-state index contributed by atoms with van der Waals surface area (Å²) in [6.07, 6.45) is 1.75. The molecule has 1 unspecified atom stereocenters. The predicted molar refractivity (Wildman–Crippen MR) is 56.9 cm³/mol. The van der Waals surface area contributed by atoms with Gasteiger partial charge in [-0.25, -0.2) is 0 Å². The highest BCUT2D eigenvalue weighted by Crippen LogP contribution is 2.33. The molecule has 0 radical (unpaired) electrons. The first-order valence-electron chi connectivity index (χ1n) is 5.04. The van der Waals surface area contributed by atoms with Gasteiger partial charge in [0.15, 0.2) is 0 Å². The third kappa shape index (κ3) is 2.18. The van der Waals surface area contributed by atoms with Gasteiger partial charge in [-0.05, 0) is 20.3 Å². The molecule has 4 nitrogen and oxygen atoms in total. The zero-order valence-electron chi connectivity index (χ0n) is 9.65. The summed E-state index contributed by atoms with van der Waals surface area (Å²) in [7, 11) is 1.81. The molecule has 15 heavy (non-hydrogen) atoms. The van der Waals surface area contributed by atoms with E-state index in [4.69, 9.17) is 5.26 Å². The highest BCUT2D eigenvalue weighted by Gasteiger charge is 2.31. The molecule has 1 aromatic rings. The van der Waals surface area contributed by atoms with Crippen LogP contribution in [-0.2, 0) is 13.5 Å². The second-order valence-electron chi connectivity index (χ2n) is 4.29. The summed E-state index contributed by atoms with van der Waals surface area (Å²) in [5, 5.41) is 23.3. The van der Waals surface area contributed by atoms with Crippen LogP contribution in [0.4, 0.5) is 0 Å². The van der Waals surface area contributed by atoms with E-state index in [1.807, 2.05) is 14.0 Å². The van der Waals surface area contributed by atoms with Crippen LogP contribution in [-0.4, -0.2) is 14.9 Å². The Morgan fingerprint density at radius 2 is 2.27 bits per heavy atom. The molecule has 0 aliphatic heterocycles. The van der Waals surface area contributed by atoms with E-state index < -0.39 is 11.5 Å². The predicted octanol–water partition coefficient (Wildman–Crippen LogP) is 1.57. The van der Waals surface area contributed by atoms with Crippen molar-refractivity contribution in [3.05, 3.63) is 17.5 Å². The summed E-state index contributed by atoms with van der Waals surface area (Å²) < 4.78 is 1.67. The Balaban J connectivity index is 3.11. The molecular weight excluding hydrogens is 190 g/mol. The molecule has 4 heteroatoms. The van der Waals surface area contributed by atoms with E-state index in [2.05, 4.69) is 11.2 Å². The topological polar surface area (TPSA) is 61.8 Å². The van der Waals surface area contributed by atoms with Crippen LogP contribution in [0.3, 0.4) is 0 Å². The molecule has 1 N–H and O–H groups in total. The highest BCUT2D eigenvalue weighted by atomic mass is 16.3. The third-order valence-corrected chi connectivity index (χ3v) is 2.54. The number of aryl methyl sites for hydroxylation is 2. The average molecular weight is 207 g/mol. The Morgan fingerprint density at radius 1 is 1.67 bits per heavy atom. The summed E-state index contributed by atoms with van der Waals surface area (Å²) in [6.45, 7) is 5.44. The zero-order valence-corrected chi connectivity index (χ0v) is 9.65. The molecular formula is C11H17N3O. The van der Waals surface area contributed by atoms with Crippen molar-refractivity contribution in [2.75, 3.05) is 0 Å². The Hall–Kier alpha value is -1.34. The summed E-state index contributed by atoms with van der Waals surface area (Å²) in [5.74, 6) is 0. The first-order valence-corrected chi connectivity index (χ1v) is 5.04. The largest absolute Gasteiger partial charge is 0.387 e. The molecule has 0 spiro atoms. The molecule has 0 amide bonds. The zero-order chi connectivity index (χ0) is 11.6. The monoisotopic (exact) mass is 207 g/mol. The lowest BCUT2D eigenvalue weighted by atomic mass is 9.84. The van der Waals surface area contributed by atoms with Gasteiger partial charge in [-0.2, -0.15) is 10.4 Å². The van der Waals surface area contributed by atoms with Crippen molar-refractivity contribution in [1.29, 1.82) is 5.26 Å². The van der Waals surface area contributed by atoms with E-state index in [-0.39, 0.29) is 0 Å². The fourth-order valence-electron chi connectivity index (χ4n) is 1.51. The maximum Gasteiger partial charge on any atom is 0.100 e. The standard InChI is InChI=1S/C11H17N3O/c1-5-9-8(6-14(4)13-9)10(15)11(2,3)7-12/h6,10,15H,5H2,1-4H3. The van der Waals surface area contributed by atoms with Gasteiger partial charge in [-0.1, -0.05) is 6.92 Å². The number of aliphatic hydroxyl groups is 1. The van der Waals surface area contributed by atoms with Gasteiger partial charge in [0.05, 0.1) is 17.2 Å². The molecule has 0 aliphatic rings.